The zero-order chi connectivity index (χ0) is 30.9. The number of hydrogen-bond donors (Lipinski definition) is 0. The standard InChI is InChI=1S/C17H18ClNO.C9H18O.C6H14.C4H10/c1-11-5-8-16(18)15(9-11)13(3)19-17-10-14(20-4)7-6-12(17)2;1-4-6-9(7-5-2)8(3)10;1-3-5-6-4-2;1-3-4-2/h5-10H,1-4H3;9H,4-7H2,1-3H3;3-6H2,1-2H3;3-4H2,1-2H3. The molecule has 0 radical (unpaired) electrons. The minimum atomic E-state index is 0.343. The van der Waals surface area contributed by atoms with Crippen molar-refractivity contribution in [2.24, 2.45) is 10.9 Å². The lowest BCUT2D eigenvalue weighted by Gasteiger charge is -2.09. The first-order valence-electron chi connectivity index (χ1n) is 15.5. The molecular formula is C36H60ClNO2. The molecule has 4 heteroatoms. The lowest BCUT2D eigenvalue weighted by atomic mass is 9.95. The highest BCUT2D eigenvalue weighted by Gasteiger charge is 2.10. The van der Waals surface area contributed by atoms with E-state index in [1.807, 2.05) is 51.1 Å². The molecular weight excluding hydrogens is 514 g/mol. The average molecular weight is 574 g/mol. The van der Waals surface area contributed by atoms with Crippen LogP contribution in [0.2, 0.25) is 5.02 Å². The van der Waals surface area contributed by atoms with Gasteiger partial charge in [-0.15, -0.1) is 0 Å². The summed E-state index contributed by atoms with van der Waals surface area (Å²) in [6.07, 6.45) is 12.6. The van der Waals surface area contributed by atoms with Crippen LogP contribution >= 0.6 is 11.6 Å². The Kier molecular flexibility index (Phi) is 25.8. The molecule has 0 fully saturated rings. The average Bonchev–Trinajstić information content (AvgIpc) is 2.95. The van der Waals surface area contributed by atoms with Crippen molar-refractivity contribution in [3.05, 3.63) is 58.1 Å². The van der Waals surface area contributed by atoms with E-state index in [2.05, 4.69) is 47.6 Å². The summed E-state index contributed by atoms with van der Waals surface area (Å²) in [5.41, 5.74) is 5.04. The van der Waals surface area contributed by atoms with E-state index in [9.17, 15) is 4.79 Å². The van der Waals surface area contributed by atoms with Crippen LogP contribution in [0.1, 0.15) is 136 Å². The lowest BCUT2D eigenvalue weighted by molar-refractivity contribution is -0.121. The minimum absolute atomic E-state index is 0.343. The Bertz CT molecular complexity index is 940. The number of carbonyl (C=O) groups excluding carboxylic acids is 1. The predicted octanol–water partition coefficient (Wildman–Crippen LogP) is 12.3. The molecule has 0 N–H and O–H groups in total. The number of benzene rings is 2. The van der Waals surface area contributed by atoms with Crippen molar-refractivity contribution >= 4 is 28.8 Å². The van der Waals surface area contributed by atoms with Gasteiger partial charge in [-0.1, -0.05) is 122 Å². The number of ketones is 1. The van der Waals surface area contributed by atoms with Gasteiger partial charge in [-0.2, -0.15) is 0 Å². The molecule has 0 saturated carbocycles. The summed E-state index contributed by atoms with van der Waals surface area (Å²) in [5, 5.41) is 0.720. The summed E-state index contributed by atoms with van der Waals surface area (Å²) in [4.78, 5) is 15.6. The molecule has 2 rings (SSSR count). The van der Waals surface area contributed by atoms with Crippen LogP contribution in [-0.2, 0) is 4.79 Å². The molecule has 0 bridgehead atoms. The number of hydrogen-bond acceptors (Lipinski definition) is 3. The maximum absolute atomic E-state index is 10.9. The summed E-state index contributed by atoms with van der Waals surface area (Å²) in [5.74, 6) is 1.51. The van der Waals surface area contributed by atoms with Crippen molar-refractivity contribution in [3.8, 4) is 5.75 Å². The Labute approximate surface area is 253 Å². The fraction of sp³-hybridized carbons (Fsp3) is 0.611. The monoisotopic (exact) mass is 573 g/mol. The second kappa shape index (κ2) is 25.8. The van der Waals surface area contributed by atoms with Crippen molar-refractivity contribution in [1.29, 1.82) is 0 Å². The Hall–Kier alpha value is -2.13. The topological polar surface area (TPSA) is 38.7 Å². The van der Waals surface area contributed by atoms with Crippen LogP contribution in [0.4, 0.5) is 5.69 Å². The first kappa shape index (κ1) is 40.0. The Morgan fingerprint density at radius 1 is 0.800 bits per heavy atom. The summed E-state index contributed by atoms with van der Waals surface area (Å²) < 4.78 is 5.24. The smallest absolute Gasteiger partial charge is 0.132 e. The van der Waals surface area contributed by atoms with Crippen LogP contribution in [-0.4, -0.2) is 18.6 Å². The number of nitrogens with zero attached hydrogens (tertiary/aromatic N) is 1. The van der Waals surface area contributed by atoms with Crippen molar-refractivity contribution in [1.82, 2.24) is 0 Å². The fourth-order valence-electron chi connectivity index (χ4n) is 3.74. The lowest BCUT2D eigenvalue weighted by Crippen LogP contribution is -2.09. The van der Waals surface area contributed by atoms with E-state index in [0.29, 0.717) is 11.7 Å². The summed E-state index contributed by atoms with van der Waals surface area (Å²) in [6, 6.07) is 11.8. The number of aryl methyl sites for hydroxylation is 2. The Morgan fingerprint density at radius 2 is 1.35 bits per heavy atom. The van der Waals surface area contributed by atoms with Gasteiger partial charge in [0.25, 0.3) is 0 Å². The van der Waals surface area contributed by atoms with Crippen LogP contribution < -0.4 is 4.74 Å². The summed E-state index contributed by atoms with van der Waals surface area (Å²) in [7, 11) is 1.66. The number of ether oxygens (including phenoxy) is 1. The van der Waals surface area contributed by atoms with Crippen molar-refractivity contribution in [2.45, 2.75) is 133 Å². The first-order chi connectivity index (χ1) is 19.1. The normalized spacial score (nSPS) is 10.5. The molecule has 0 spiro atoms. The molecule has 2 aromatic rings. The highest BCUT2D eigenvalue weighted by molar-refractivity contribution is 6.34. The van der Waals surface area contributed by atoms with Crippen LogP contribution in [0.3, 0.4) is 0 Å². The molecule has 0 heterocycles. The number of methoxy groups -OCH3 is 1. The molecule has 228 valence electrons. The third-order valence-electron chi connectivity index (χ3n) is 6.52. The van der Waals surface area contributed by atoms with Gasteiger partial charge in [-0.25, -0.2) is 0 Å². The number of carbonyl (C=O) groups is 1. The number of aliphatic imine (C=N–C) groups is 1. The van der Waals surface area contributed by atoms with E-state index >= 15 is 0 Å². The second-order valence-electron chi connectivity index (χ2n) is 10.4. The molecule has 3 nitrogen and oxygen atoms in total. The molecule has 0 amide bonds. The van der Waals surface area contributed by atoms with Gasteiger partial charge in [0.1, 0.15) is 11.5 Å². The zero-order valence-electron chi connectivity index (χ0n) is 27.8. The first-order valence-corrected chi connectivity index (χ1v) is 15.9. The van der Waals surface area contributed by atoms with Crippen LogP contribution in [0.15, 0.2) is 41.4 Å². The van der Waals surface area contributed by atoms with Crippen molar-refractivity contribution in [2.75, 3.05) is 7.11 Å². The van der Waals surface area contributed by atoms with Gasteiger partial charge in [-0.05, 0) is 64.3 Å². The van der Waals surface area contributed by atoms with Crippen molar-refractivity contribution in [3.63, 3.8) is 0 Å². The SMILES string of the molecule is CCCC.CCCC(CCC)C(C)=O.CCCCCC.COc1ccc(C)c(N=C(C)c2cc(C)ccc2Cl)c1. The van der Waals surface area contributed by atoms with E-state index in [4.69, 9.17) is 21.3 Å². The minimum Gasteiger partial charge on any atom is -0.497 e. The predicted molar refractivity (Wildman–Crippen MR) is 180 cm³/mol. The van der Waals surface area contributed by atoms with Gasteiger partial charge in [0.15, 0.2) is 0 Å². The summed E-state index contributed by atoms with van der Waals surface area (Å²) >= 11 is 6.25. The Balaban J connectivity index is 0. The van der Waals surface area contributed by atoms with Gasteiger partial charge in [-0.3, -0.25) is 9.79 Å². The van der Waals surface area contributed by atoms with E-state index < -0.39 is 0 Å². The summed E-state index contributed by atoms with van der Waals surface area (Å²) in [6.45, 7) is 20.8. The molecule has 40 heavy (non-hydrogen) atoms. The number of rotatable bonds is 12. The van der Waals surface area contributed by atoms with Crippen LogP contribution in [0.25, 0.3) is 0 Å². The largest absolute Gasteiger partial charge is 0.497 e. The van der Waals surface area contributed by atoms with E-state index in [1.54, 1.807) is 14.0 Å². The third kappa shape index (κ3) is 19.0. The van der Waals surface area contributed by atoms with Gasteiger partial charge >= 0.3 is 0 Å². The quantitative estimate of drug-likeness (QED) is 0.187. The van der Waals surface area contributed by atoms with Crippen molar-refractivity contribution < 1.29 is 9.53 Å². The molecule has 0 saturated heterocycles. The fourth-order valence-corrected chi connectivity index (χ4v) is 4.00. The second-order valence-corrected chi connectivity index (χ2v) is 10.8. The molecule has 0 aliphatic heterocycles. The molecule has 0 atom stereocenters. The molecule has 0 aromatic heterocycles. The third-order valence-corrected chi connectivity index (χ3v) is 6.85. The van der Waals surface area contributed by atoms with Crippen LogP contribution in [0, 0.1) is 19.8 Å². The van der Waals surface area contributed by atoms with Crippen LogP contribution in [0.5, 0.6) is 5.75 Å². The number of Topliss-reactive ketones (excluding diaryl/α,β-unsaturated/α-hetero) is 1. The number of unbranched alkanes of at least 4 members (excludes halogenated alkanes) is 4. The van der Waals surface area contributed by atoms with Gasteiger partial charge in [0.05, 0.1) is 12.8 Å². The highest BCUT2D eigenvalue weighted by atomic mass is 35.5. The molecule has 2 aromatic carbocycles. The maximum atomic E-state index is 10.9. The molecule has 0 aliphatic rings. The highest BCUT2D eigenvalue weighted by Crippen LogP contribution is 2.27. The zero-order valence-corrected chi connectivity index (χ0v) is 28.5. The van der Waals surface area contributed by atoms with Gasteiger partial charge < -0.3 is 4.74 Å². The van der Waals surface area contributed by atoms with Gasteiger partial charge in [0, 0.05) is 28.3 Å². The van der Waals surface area contributed by atoms with E-state index in [0.717, 1.165) is 59.0 Å². The number of halogens is 1. The Morgan fingerprint density at radius 3 is 1.77 bits per heavy atom. The van der Waals surface area contributed by atoms with E-state index in [1.165, 1.54) is 44.1 Å². The maximum Gasteiger partial charge on any atom is 0.132 e. The molecule has 0 aliphatic carbocycles. The molecule has 0 unspecified atom stereocenters. The van der Waals surface area contributed by atoms with E-state index in [-0.39, 0.29) is 0 Å². The van der Waals surface area contributed by atoms with Gasteiger partial charge in [0.2, 0.25) is 0 Å².